The number of pyridine rings is 1. The van der Waals surface area contributed by atoms with Crippen LogP contribution in [0.5, 0.6) is 5.88 Å². The Hall–Kier alpha value is -1.89. The minimum Gasteiger partial charge on any atom is -0.474 e. The van der Waals surface area contributed by atoms with Crippen LogP contribution < -0.4 is 16.0 Å². The first kappa shape index (κ1) is 13.5. The maximum atomic E-state index is 10.8. The summed E-state index contributed by atoms with van der Waals surface area (Å²) in [4.78, 5) is 14.4. The molecule has 1 aliphatic carbocycles. The number of nitrogens with two attached hydrogens (primary N) is 1. The van der Waals surface area contributed by atoms with Gasteiger partial charge >= 0.3 is 0 Å². The van der Waals surface area contributed by atoms with Crippen molar-refractivity contribution < 1.29 is 9.66 Å². The van der Waals surface area contributed by atoms with Crippen molar-refractivity contribution in [2.24, 2.45) is 11.8 Å². The van der Waals surface area contributed by atoms with Gasteiger partial charge in [-0.3, -0.25) is 10.1 Å². The summed E-state index contributed by atoms with van der Waals surface area (Å²) in [7, 11) is 0. The number of nitrogens with one attached hydrogen (secondary N) is 1. The van der Waals surface area contributed by atoms with Crippen molar-refractivity contribution in [3.8, 4) is 5.88 Å². The van der Waals surface area contributed by atoms with E-state index in [0.717, 1.165) is 19.3 Å². The molecule has 19 heavy (non-hydrogen) atoms. The van der Waals surface area contributed by atoms with Gasteiger partial charge in [0.15, 0.2) is 5.82 Å². The fraction of sp³-hybridized carbons (Fsp3) is 0.583. The van der Waals surface area contributed by atoms with Crippen molar-refractivity contribution >= 4 is 11.5 Å². The molecule has 2 unspecified atom stereocenters. The van der Waals surface area contributed by atoms with E-state index in [4.69, 9.17) is 10.6 Å². The lowest BCUT2D eigenvalue weighted by molar-refractivity contribution is -0.384. The third kappa shape index (κ3) is 3.31. The van der Waals surface area contributed by atoms with Crippen LogP contribution in [0.1, 0.15) is 32.6 Å². The third-order valence-electron chi connectivity index (χ3n) is 3.45. The lowest BCUT2D eigenvalue weighted by atomic mass is 9.88. The smallest absolute Gasteiger partial charge is 0.278 e. The molecule has 7 nitrogen and oxygen atoms in total. The average Bonchev–Trinajstić information content (AvgIpc) is 2.41. The monoisotopic (exact) mass is 266 g/mol. The molecule has 2 rings (SSSR count). The summed E-state index contributed by atoms with van der Waals surface area (Å²) in [6, 6.07) is 2.61. The van der Waals surface area contributed by atoms with Crippen molar-refractivity contribution in [1.29, 1.82) is 0 Å². The normalized spacial score (nSPS) is 22.8. The zero-order valence-corrected chi connectivity index (χ0v) is 10.8. The highest BCUT2D eigenvalue weighted by Crippen LogP contribution is 2.29. The minimum absolute atomic E-state index is 0.0638. The summed E-state index contributed by atoms with van der Waals surface area (Å²) in [5.41, 5.74) is 2.23. The van der Waals surface area contributed by atoms with E-state index in [1.165, 1.54) is 18.6 Å². The van der Waals surface area contributed by atoms with Gasteiger partial charge < -0.3 is 10.2 Å². The number of anilines is 1. The molecule has 0 aromatic carbocycles. The molecule has 104 valence electrons. The fourth-order valence-corrected chi connectivity index (χ4v) is 2.34. The van der Waals surface area contributed by atoms with Gasteiger partial charge in [0, 0.05) is 0 Å². The molecular weight excluding hydrogens is 248 g/mol. The van der Waals surface area contributed by atoms with Gasteiger partial charge in [-0.15, -0.1) is 0 Å². The molecule has 1 saturated carbocycles. The number of nitrogens with zero attached hydrogens (tertiary/aromatic N) is 2. The number of hydrogen-bond acceptors (Lipinski definition) is 6. The van der Waals surface area contributed by atoms with E-state index in [-0.39, 0.29) is 23.5 Å². The quantitative estimate of drug-likeness (QED) is 0.492. The summed E-state index contributed by atoms with van der Waals surface area (Å²) in [6.45, 7) is 2.13. The molecule has 0 amide bonds. The third-order valence-corrected chi connectivity index (χ3v) is 3.45. The number of hydrazine groups is 1. The maximum absolute atomic E-state index is 10.8. The molecule has 0 aliphatic heterocycles. The Morgan fingerprint density at radius 3 is 2.84 bits per heavy atom. The van der Waals surface area contributed by atoms with Crippen LogP contribution >= 0.6 is 0 Å². The van der Waals surface area contributed by atoms with Gasteiger partial charge in [-0.1, -0.05) is 13.3 Å². The molecule has 1 aromatic heterocycles. The Kier molecular flexibility index (Phi) is 4.16. The summed E-state index contributed by atoms with van der Waals surface area (Å²) in [5.74, 6) is 6.17. The standard InChI is InChI=1S/C12H18N4O3/c1-8-4-2-3-5-10(8)19-12-7-9(16(17)18)6-11(14-12)15-13/h6-8,10H,2-5,13H2,1H3,(H,14,15). The molecule has 0 spiro atoms. The molecular formula is C12H18N4O3. The van der Waals surface area contributed by atoms with Crippen LogP contribution in [0, 0.1) is 16.0 Å². The molecule has 3 N–H and O–H groups in total. The molecule has 0 saturated heterocycles. The number of ether oxygens (including phenoxy) is 1. The summed E-state index contributed by atoms with van der Waals surface area (Å²) in [5, 5.41) is 10.8. The van der Waals surface area contributed by atoms with E-state index < -0.39 is 4.92 Å². The molecule has 0 bridgehead atoms. The maximum Gasteiger partial charge on any atom is 0.278 e. The van der Waals surface area contributed by atoms with Crippen molar-refractivity contribution in [1.82, 2.24) is 4.98 Å². The lowest BCUT2D eigenvalue weighted by Crippen LogP contribution is -2.28. The molecule has 2 atom stereocenters. The summed E-state index contributed by atoms with van der Waals surface area (Å²) in [6.07, 6.45) is 4.46. The van der Waals surface area contributed by atoms with Crippen molar-refractivity contribution in [2.45, 2.75) is 38.7 Å². The number of aromatic nitrogens is 1. The van der Waals surface area contributed by atoms with E-state index >= 15 is 0 Å². The predicted octanol–water partition coefficient (Wildman–Crippen LogP) is 2.23. The van der Waals surface area contributed by atoms with Crippen LogP contribution in [0.3, 0.4) is 0 Å². The van der Waals surface area contributed by atoms with E-state index in [1.807, 2.05) is 0 Å². The lowest BCUT2D eigenvalue weighted by Gasteiger charge is -2.28. The zero-order chi connectivity index (χ0) is 13.8. The second kappa shape index (κ2) is 5.83. The molecule has 1 fully saturated rings. The molecule has 1 aliphatic rings. The van der Waals surface area contributed by atoms with Crippen LogP contribution in [0.25, 0.3) is 0 Å². The molecule has 1 heterocycles. The highest BCUT2D eigenvalue weighted by molar-refractivity contribution is 5.47. The first-order valence-corrected chi connectivity index (χ1v) is 6.40. The predicted molar refractivity (Wildman–Crippen MR) is 70.7 cm³/mol. The molecule has 0 radical (unpaired) electrons. The van der Waals surface area contributed by atoms with Gasteiger partial charge in [-0.2, -0.15) is 4.98 Å². The van der Waals surface area contributed by atoms with E-state index in [9.17, 15) is 10.1 Å². The average molecular weight is 266 g/mol. The summed E-state index contributed by atoms with van der Waals surface area (Å²) >= 11 is 0. The number of hydrogen-bond donors (Lipinski definition) is 2. The van der Waals surface area contributed by atoms with Crippen molar-refractivity contribution in [3.05, 3.63) is 22.2 Å². The van der Waals surface area contributed by atoms with Crippen LogP contribution in [-0.4, -0.2) is 16.0 Å². The number of nitro groups is 1. The van der Waals surface area contributed by atoms with E-state index in [0.29, 0.717) is 5.92 Å². The topological polar surface area (TPSA) is 103 Å². The van der Waals surface area contributed by atoms with E-state index in [1.54, 1.807) is 0 Å². The van der Waals surface area contributed by atoms with Gasteiger partial charge in [0.25, 0.3) is 5.69 Å². The Morgan fingerprint density at radius 1 is 1.47 bits per heavy atom. The van der Waals surface area contributed by atoms with Crippen molar-refractivity contribution in [3.63, 3.8) is 0 Å². The first-order valence-electron chi connectivity index (χ1n) is 6.40. The number of rotatable bonds is 4. The molecule has 7 heteroatoms. The second-order valence-corrected chi connectivity index (χ2v) is 4.87. The van der Waals surface area contributed by atoms with E-state index in [2.05, 4.69) is 17.3 Å². The molecule has 1 aromatic rings. The van der Waals surface area contributed by atoms with Gasteiger partial charge in [-0.05, 0) is 25.2 Å². The highest BCUT2D eigenvalue weighted by Gasteiger charge is 2.24. The Morgan fingerprint density at radius 2 is 2.21 bits per heavy atom. The van der Waals surface area contributed by atoms with Gasteiger partial charge in [0.2, 0.25) is 5.88 Å². The van der Waals surface area contributed by atoms with Crippen molar-refractivity contribution in [2.75, 3.05) is 5.43 Å². The highest BCUT2D eigenvalue weighted by atomic mass is 16.6. The fourth-order valence-electron chi connectivity index (χ4n) is 2.34. The first-order chi connectivity index (χ1) is 9.10. The number of nitrogen functional groups attached to an aromatic ring is 1. The van der Waals surface area contributed by atoms with Crippen LogP contribution in [-0.2, 0) is 0 Å². The Balaban J connectivity index is 2.18. The van der Waals surface area contributed by atoms with Gasteiger partial charge in [0.1, 0.15) is 6.10 Å². The zero-order valence-electron chi connectivity index (χ0n) is 10.8. The largest absolute Gasteiger partial charge is 0.474 e. The van der Waals surface area contributed by atoms with Crippen LogP contribution in [0.4, 0.5) is 11.5 Å². The van der Waals surface area contributed by atoms with Gasteiger partial charge in [-0.25, -0.2) is 5.84 Å². The minimum atomic E-state index is -0.486. The second-order valence-electron chi connectivity index (χ2n) is 4.87. The van der Waals surface area contributed by atoms with Crippen LogP contribution in [0.2, 0.25) is 0 Å². The SMILES string of the molecule is CC1CCCCC1Oc1cc([N+](=O)[O-])cc(NN)n1. The van der Waals surface area contributed by atoms with Crippen LogP contribution in [0.15, 0.2) is 12.1 Å². The Bertz CT molecular complexity index is 466. The Labute approximate surface area is 111 Å². The van der Waals surface area contributed by atoms with Gasteiger partial charge in [0.05, 0.1) is 17.1 Å². The summed E-state index contributed by atoms with van der Waals surface area (Å²) < 4.78 is 5.79.